The van der Waals surface area contributed by atoms with Gasteiger partial charge in [-0.3, -0.25) is 10.6 Å². The van der Waals surface area contributed by atoms with E-state index in [1.165, 1.54) is 25.7 Å². The zero-order valence-electron chi connectivity index (χ0n) is 6.79. The summed E-state index contributed by atoms with van der Waals surface area (Å²) in [4.78, 5) is 1.95. The van der Waals surface area contributed by atoms with E-state index in [2.05, 4.69) is 0 Å². The number of nitrogens with zero attached hydrogens (tertiary/aromatic N) is 1. The van der Waals surface area contributed by atoms with Crippen molar-refractivity contribution in [2.75, 3.05) is 13.1 Å². The molecule has 1 aliphatic carbocycles. The van der Waals surface area contributed by atoms with Crippen molar-refractivity contribution in [2.24, 2.45) is 11.1 Å². The second-order valence-electron chi connectivity index (χ2n) is 3.95. The van der Waals surface area contributed by atoms with E-state index >= 15 is 0 Å². The summed E-state index contributed by atoms with van der Waals surface area (Å²) in [6.45, 7) is 1.97. The zero-order chi connectivity index (χ0) is 7.90. The number of aliphatic hydroxyl groups is 1. The monoisotopic (exact) mass is 156 g/mol. The highest BCUT2D eigenvalue weighted by Gasteiger charge is 2.44. The SMILES string of the molecule is NC(O)N1CCC2(CC1)CC2. The molecule has 1 aliphatic heterocycles. The van der Waals surface area contributed by atoms with Crippen LogP contribution in [0.5, 0.6) is 0 Å². The van der Waals surface area contributed by atoms with E-state index in [1.807, 2.05) is 4.90 Å². The molecule has 0 aromatic heterocycles. The number of aliphatic hydroxyl groups excluding tert-OH is 1. The highest BCUT2D eigenvalue weighted by atomic mass is 16.3. The van der Waals surface area contributed by atoms with Crippen LogP contribution in [0, 0.1) is 5.41 Å². The predicted octanol–water partition coefficient (Wildman–Crippen LogP) is 0.0970. The van der Waals surface area contributed by atoms with Crippen LogP contribution in [0.3, 0.4) is 0 Å². The number of rotatable bonds is 1. The largest absolute Gasteiger partial charge is 0.365 e. The lowest BCUT2D eigenvalue weighted by molar-refractivity contribution is -0.0149. The highest BCUT2D eigenvalue weighted by molar-refractivity contribution is 4.96. The van der Waals surface area contributed by atoms with E-state index in [0.29, 0.717) is 5.41 Å². The van der Waals surface area contributed by atoms with Gasteiger partial charge in [0.2, 0.25) is 0 Å². The van der Waals surface area contributed by atoms with Crippen LogP contribution < -0.4 is 5.73 Å². The average molecular weight is 156 g/mol. The minimum absolute atomic E-state index is 0.686. The number of nitrogens with two attached hydrogens (primary N) is 1. The molecular weight excluding hydrogens is 140 g/mol. The number of hydrogen-bond acceptors (Lipinski definition) is 3. The van der Waals surface area contributed by atoms with Gasteiger partial charge in [-0.15, -0.1) is 0 Å². The van der Waals surface area contributed by atoms with Gasteiger partial charge >= 0.3 is 0 Å². The molecule has 0 radical (unpaired) electrons. The van der Waals surface area contributed by atoms with Crippen molar-refractivity contribution in [2.45, 2.75) is 32.0 Å². The van der Waals surface area contributed by atoms with Gasteiger partial charge in [0.05, 0.1) is 0 Å². The Hall–Kier alpha value is -0.120. The summed E-state index contributed by atoms with van der Waals surface area (Å²) in [5, 5.41) is 9.07. The molecule has 11 heavy (non-hydrogen) atoms. The summed E-state index contributed by atoms with van der Waals surface area (Å²) in [6, 6.07) is 0. The maximum Gasteiger partial charge on any atom is 0.160 e. The third-order valence-electron chi connectivity index (χ3n) is 3.19. The Bertz CT molecular complexity index is 144. The first kappa shape index (κ1) is 7.53. The van der Waals surface area contributed by atoms with Crippen LogP contribution in [0.4, 0.5) is 0 Å². The Morgan fingerprint density at radius 2 is 1.73 bits per heavy atom. The Kier molecular flexibility index (Phi) is 1.67. The lowest BCUT2D eigenvalue weighted by Gasteiger charge is -2.33. The van der Waals surface area contributed by atoms with E-state index in [1.54, 1.807) is 0 Å². The van der Waals surface area contributed by atoms with Crippen LogP contribution in [0.15, 0.2) is 0 Å². The second-order valence-corrected chi connectivity index (χ2v) is 3.95. The first-order chi connectivity index (χ1) is 5.22. The molecule has 0 aromatic rings. The lowest BCUT2D eigenvalue weighted by atomic mass is 9.94. The topological polar surface area (TPSA) is 49.5 Å². The third-order valence-corrected chi connectivity index (χ3v) is 3.19. The minimum atomic E-state index is -0.730. The second kappa shape index (κ2) is 2.44. The molecule has 64 valence electrons. The molecule has 3 N–H and O–H groups in total. The highest BCUT2D eigenvalue weighted by Crippen LogP contribution is 2.53. The molecule has 0 bridgehead atoms. The molecule has 3 heteroatoms. The fraction of sp³-hybridized carbons (Fsp3) is 1.00. The van der Waals surface area contributed by atoms with E-state index < -0.39 is 6.35 Å². The van der Waals surface area contributed by atoms with E-state index in [-0.39, 0.29) is 0 Å². The van der Waals surface area contributed by atoms with Gasteiger partial charge in [0, 0.05) is 13.1 Å². The van der Waals surface area contributed by atoms with Crippen molar-refractivity contribution in [3.63, 3.8) is 0 Å². The Balaban J connectivity index is 1.84. The van der Waals surface area contributed by atoms with Crippen LogP contribution >= 0.6 is 0 Å². The maximum atomic E-state index is 9.07. The fourth-order valence-electron chi connectivity index (χ4n) is 1.94. The van der Waals surface area contributed by atoms with Crippen LogP contribution in [0.1, 0.15) is 25.7 Å². The van der Waals surface area contributed by atoms with Crippen LogP contribution in [0.2, 0.25) is 0 Å². The van der Waals surface area contributed by atoms with Crippen molar-refractivity contribution < 1.29 is 5.11 Å². The molecule has 0 amide bonds. The quantitative estimate of drug-likeness (QED) is 0.529. The first-order valence-corrected chi connectivity index (χ1v) is 4.40. The van der Waals surface area contributed by atoms with Crippen molar-refractivity contribution in [3.05, 3.63) is 0 Å². The number of likely N-dealkylation sites (tertiary alicyclic amines) is 1. The molecule has 1 heterocycles. The summed E-state index contributed by atoms with van der Waals surface area (Å²) in [7, 11) is 0. The van der Waals surface area contributed by atoms with Gasteiger partial charge in [0.1, 0.15) is 0 Å². The fourth-order valence-corrected chi connectivity index (χ4v) is 1.94. The molecule has 1 saturated carbocycles. The van der Waals surface area contributed by atoms with Crippen LogP contribution in [-0.4, -0.2) is 29.4 Å². The normalized spacial score (nSPS) is 32.2. The van der Waals surface area contributed by atoms with Crippen LogP contribution in [-0.2, 0) is 0 Å². The Labute approximate surface area is 67.2 Å². The van der Waals surface area contributed by atoms with Crippen molar-refractivity contribution in [3.8, 4) is 0 Å². The molecule has 1 atom stereocenters. The van der Waals surface area contributed by atoms with E-state index in [9.17, 15) is 0 Å². The summed E-state index contributed by atoms with van der Waals surface area (Å²) in [5.41, 5.74) is 6.04. The summed E-state index contributed by atoms with van der Waals surface area (Å²) >= 11 is 0. The van der Waals surface area contributed by atoms with Crippen molar-refractivity contribution in [1.29, 1.82) is 0 Å². The molecule has 1 unspecified atom stereocenters. The molecule has 1 saturated heterocycles. The molecule has 1 spiro atoms. The van der Waals surface area contributed by atoms with Gasteiger partial charge < -0.3 is 5.11 Å². The van der Waals surface area contributed by atoms with Crippen molar-refractivity contribution in [1.82, 2.24) is 4.90 Å². The molecule has 2 rings (SSSR count). The van der Waals surface area contributed by atoms with Gasteiger partial charge in [-0.2, -0.15) is 0 Å². The van der Waals surface area contributed by atoms with Gasteiger partial charge in [-0.05, 0) is 31.1 Å². The number of piperidine rings is 1. The third kappa shape index (κ3) is 1.41. The summed E-state index contributed by atoms with van der Waals surface area (Å²) in [5.74, 6) is 0. The maximum absolute atomic E-state index is 9.07. The van der Waals surface area contributed by atoms with E-state index in [0.717, 1.165) is 13.1 Å². The summed E-state index contributed by atoms with van der Waals surface area (Å²) < 4.78 is 0. The molecule has 2 fully saturated rings. The average Bonchev–Trinajstić information content (AvgIpc) is 2.70. The Morgan fingerprint density at radius 1 is 1.18 bits per heavy atom. The van der Waals surface area contributed by atoms with Crippen molar-refractivity contribution >= 4 is 0 Å². The lowest BCUT2D eigenvalue weighted by Crippen LogP contribution is -2.46. The molecular formula is C8H16N2O. The molecule has 0 aromatic carbocycles. The number of hydrogen-bond donors (Lipinski definition) is 2. The Morgan fingerprint density at radius 3 is 2.09 bits per heavy atom. The van der Waals surface area contributed by atoms with Gasteiger partial charge in [-0.25, -0.2) is 0 Å². The molecule has 2 aliphatic rings. The predicted molar refractivity (Wildman–Crippen MR) is 42.7 cm³/mol. The van der Waals surface area contributed by atoms with Gasteiger partial charge in [0.15, 0.2) is 6.35 Å². The van der Waals surface area contributed by atoms with Crippen LogP contribution in [0.25, 0.3) is 0 Å². The molecule has 3 nitrogen and oxygen atoms in total. The standard InChI is InChI=1S/C8H16N2O/c9-7(11)10-5-3-8(1-2-8)4-6-10/h7,11H,1-6,9H2. The minimum Gasteiger partial charge on any atom is -0.365 e. The zero-order valence-corrected chi connectivity index (χ0v) is 6.79. The first-order valence-electron chi connectivity index (χ1n) is 4.40. The smallest absolute Gasteiger partial charge is 0.160 e. The summed E-state index contributed by atoms with van der Waals surface area (Å²) in [6.07, 6.45) is 4.55. The van der Waals surface area contributed by atoms with Gasteiger partial charge in [-0.1, -0.05) is 0 Å². The van der Waals surface area contributed by atoms with E-state index in [4.69, 9.17) is 10.8 Å². The van der Waals surface area contributed by atoms with Gasteiger partial charge in [0.25, 0.3) is 0 Å².